The van der Waals surface area contributed by atoms with Crippen LogP contribution in [0.2, 0.25) is 0 Å². The second kappa shape index (κ2) is 8.21. The summed E-state index contributed by atoms with van der Waals surface area (Å²) in [4.78, 5) is 20.8. The van der Waals surface area contributed by atoms with Crippen molar-refractivity contribution < 1.29 is 9.53 Å². The van der Waals surface area contributed by atoms with E-state index in [1.165, 1.54) is 16.7 Å². The van der Waals surface area contributed by atoms with Gasteiger partial charge in [0.2, 0.25) is 0 Å². The molecule has 1 aliphatic heterocycles. The van der Waals surface area contributed by atoms with E-state index in [1.54, 1.807) is 11.3 Å². The van der Waals surface area contributed by atoms with E-state index in [1.807, 2.05) is 6.07 Å². The average Bonchev–Trinajstić information content (AvgIpc) is 3.18. The SMILES string of the molecule is CC1(C)CC(=O)c2sc(N3CCOCC3Cc3ccc(-c4ccccc4)cc3)nc2C1. The highest BCUT2D eigenvalue weighted by molar-refractivity contribution is 7.17. The number of nitrogens with zero attached hydrogens (tertiary/aromatic N) is 2. The molecule has 3 aromatic rings. The second-order valence-electron chi connectivity index (χ2n) is 9.40. The molecule has 1 fully saturated rings. The van der Waals surface area contributed by atoms with Crippen LogP contribution in [-0.4, -0.2) is 36.6 Å². The first kappa shape index (κ1) is 20.4. The van der Waals surface area contributed by atoms with Crippen molar-refractivity contribution in [3.8, 4) is 11.1 Å². The molecular weight excluding hydrogens is 404 g/mol. The highest BCUT2D eigenvalue weighted by atomic mass is 32.1. The molecule has 0 amide bonds. The van der Waals surface area contributed by atoms with Crippen LogP contribution >= 0.6 is 11.3 Å². The predicted octanol–water partition coefficient (Wildman–Crippen LogP) is 5.41. The number of fused-ring (bicyclic) bond motifs is 1. The molecule has 1 aromatic heterocycles. The van der Waals surface area contributed by atoms with Crippen LogP contribution in [0.1, 0.15) is 41.2 Å². The fraction of sp³-hybridized carbons (Fsp3) is 0.385. The van der Waals surface area contributed by atoms with E-state index in [0.29, 0.717) is 19.6 Å². The summed E-state index contributed by atoms with van der Waals surface area (Å²) >= 11 is 1.57. The third kappa shape index (κ3) is 4.30. The number of thiazole rings is 1. The van der Waals surface area contributed by atoms with Gasteiger partial charge in [0.05, 0.1) is 29.8 Å². The summed E-state index contributed by atoms with van der Waals surface area (Å²) in [7, 11) is 0. The lowest BCUT2D eigenvalue weighted by Crippen LogP contribution is -2.46. The number of rotatable bonds is 4. The summed E-state index contributed by atoms with van der Waals surface area (Å²) in [6.07, 6.45) is 2.39. The molecule has 5 heteroatoms. The summed E-state index contributed by atoms with van der Waals surface area (Å²) in [5.41, 5.74) is 4.74. The first-order valence-corrected chi connectivity index (χ1v) is 11.8. The number of carbonyl (C=O) groups is 1. The molecule has 5 rings (SSSR count). The Labute approximate surface area is 187 Å². The monoisotopic (exact) mass is 432 g/mol. The standard InChI is InChI=1S/C26H28N2O2S/c1-26(2)15-22-24(23(29)16-26)31-25(27-22)28-12-13-30-17-21(28)14-18-8-10-20(11-9-18)19-6-4-3-5-7-19/h3-11,21H,12-17H2,1-2H3. The Kier molecular flexibility index (Phi) is 5.40. The summed E-state index contributed by atoms with van der Waals surface area (Å²) in [5, 5.41) is 0.977. The number of hydrogen-bond acceptors (Lipinski definition) is 5. The van der Waals surface area contributed by atoms with Crippen LogP contribution in [-0.2, 0) is 17.6 Å². The molecule has 2 aliphatic rings. The number of carbonyl (C=O) groups excluding carboxylic acids is 1. The first-order chi connectivity index (χ1) is 15.0. The molecule has 2 heterocycles. The number of Topliss-reactive ketones (excluding diaryl/α,β-unsaturated/α-hetero) is 1. The molecule has 0 N–H and O–H groups in total. The Morgan fingerprint density at radius 2 is 1.81 bits per heavy atom. The second-order valence-corrected chi connectivity index (χ2v) is 10.4. The van der Waals surface area contributed by atoms with Crippen molar-refractivity contribution in [1.29, 1.82) is 0 Å². The van der Waals surface area contributed by atoms with Gasteiger partial charge in [-0.1, -0.05) is 79.8 Å². The van der Waals surface area contributed by atoms with Gasteiger partial charge in [0.1, 0.15) is 0 Å². The summed E-state index contributed by atoms with van der Waals surface area (Å²) in [6.45, 7) is 6.51. The molecule has 1 saturated heterocycles. The normalized spacial score (nSPS) is 20.5. The average molecular weight is 433 g/mol. The van der Waals surface area contributed by atoms with Gasteiger partial charge in [0.25, 0.3) is 0 Å². The topological polar surface area (TPSA) is 42.4 Å². The van der Waals surface area contributed by atoms with E-state index in [-0.39, 0.29) is 17.2 Å². The van der Waals surface area contributed by atoms with Crippen LogP contribution in [0.4, 0.5) is 5.13 Å². The van der Waals surface area contributed by atoms with Gasteiger partial charge < -0.3 is 9.64 Å². The van der Waals surface area contributed by atoms with Gasteiger partial charge >= 0.3 is 0 Å². The van der Waals surface area contributed by atoms with E-state index in [4.69, 9.17) is 9.72 Å². The van der Waals surface area contributed by atoms with Gasteiger partial charge in [0.15, 0.2) is 10.9 Å². The van der Waals surface area contributed by atoms with E-state index in [2.05, 4.69) is 67.3 Å². The first-order valence-electron chi connectivity index (χ1n) is 11.0. The molecule has 0 radical (unpaired) electrons. The largest absolute Gasteiger partial charge is 0.377 e. The van der Waals surface area contributed by atoms with Crippen molar-refractivity contribution in [1.82, 2.24) is 4.98 Å². The van der Waals surface area contributed by atoms with Crippen LogP contribution in [0.3, 0.4) is 0 Å². The Balaban J connectivity index is 1.35. The maximum absolute atomic E-state index is 12.6. The molecular formula is C26H28N2O2S. The number of ketones is 1. The summed E-state index contributed by atoms with van der Waals surface area (Å²) < 4.78 is 5.82. The number of ether oxygens (including phenoxy) is 1. The highest BCUT2D eigenvalue weighted by Crippen LogP contribution is 2.40. The van der Waals surface area contributed by atoms with Crippen molar-refractivity contribution in [3.05, 3.63) is 70.7 Å². The predicted molar refractivity (Wildman–Crippen MR) is 126 cm³/mol. The highest BCUT2D eigenvalue weighted by Gasteiger charge is 2.35. The minimum absolute atomic E-state index is 0.000334. The lowest BCUT2D eigenvalue weighted by molar-refractivity contribution is 0.0915. The maximum Gasteiger partial charge on any atom is 0.186 e. The molecule has 1 unspecified atom stereocenters. The van der Waals surface area contributed by atoms with Crippen LogP contribution in [0.25, 0.3) is 11.1 Å². The van der Waals surface area contributed by atoms with E-state index < -0.39 is 0 Å². The Hall–Kier alpha value is -2.50. The third-order valence-corrected chi connectivity index (χ3v) is 7.41. The van der Waals surface area contributed by atoms with E-state index in [0.717, 1.165) is 35.1 Å². The van der Waals surface area contributed by atoms with Crippen LogP contribution < -0.4 is 4.90 Å². The molecule has 1 aliphatic carbocycles. The van der Waals surface area contributed by atoms with Crippen LogP contribution in [0, 0.1) is 5.41 Å². The van der Waals surface area contributed by atoms with Gasteiger partial charge in [-0.05, 0) is 34.9 Å². The van der Waals surface area contributed by atoms with Crippen molar-refractivity contribution in [2.75, 3.05) is 24.7 Å². The molecule has 0 saturated carbocycles. The molecule has 0 spiro atoms. The summed E-state index contributed by atoms with van der Waals surface area (Å²) in [6, 6.07) is 19.5. The number of morpholine rings is 1. The Morgan fingerprint density at radius 1 is 1.06 bits per heavy atom. The van der Waals surface area contributed by atoms with Gasteiger partial charge in [0, 0.05) is 13.0 Å². The van der Waals surface area contributed by atoms with Gasteiger partial charge in [-0.3, -0.25) is 4.79 Å². The molecule has 1 atom stereocenters. The quantitative estimate of drug-likeness (QED) is 0.553. The van der Waals surface area contributed by atoms with Crippen molar-refractivity contribution in [2.24, 2.45) is 5.41 Å². The Bertz CT molecular complexity index is 1070. The summed E-state index contributed by atoms with van der Waals surface area (Å²) in [5.74, 6) is 0.247. The fourth-order valence-corrected chi connectivity index (χ4v) is 5.76. The Morgan fingerprint density at radius 3 is 2.58 bits per heavy atom. The third-order valence-electron chi connectivity index (χ3n) is 6.23. The molecule has 4 nitrogen and oxygen atoms in total. The van der Waals surface area contributed by atoms with E-state index >= 15 is 0 Å². The lowest BCUT2D eigenvalue weighted by atomic mass is 9.78. The fourth-order valence-electron chi connectivity index (χ4n) is 4.64. The maximum atomic E-state index is 12.6. The number of aromatic nitrogens is 1. The van der Waals surface area contributed by atoms with Crippen molar-refractivity contribution in [3.63, 3.8) is 0 Å². The van der Waals surface area contributed by atoms with Crippen LogP contribution in [0.15, 0.2) is 54.6 Å². The van der Waals surface area contributed by atoms with Crippen molar-refractivity contribution in [2.45, 2.75) is 39.2 Å². The molecule has 2 aromatic carbocycles. The zero-order valence-electron chi connectivity index (χ0n) is 18.1. The van der Waals surface area contributed by atoms with Gasteiger partial charge in [-0.2, -0.15) is 0 Å². The minimum atomic E-state index is 0.000334. The van der Waals surface area contributed by atoms with Gasteiger partial charge in [-0.25, -0.2) is 4.98 Å². The number of hydrogen-bond donors (Lipinski definition) is 0. The van der Waals surface area contributed by atoms with Gasteiger partial charge in [-0.15, -0.1) is 0 Å². The zero-order valence-corrected chi connectivity index (χ0v) is 19.0. The minimum Gasteiger partial charge on any atom is -0.377 e. The number of anilines is 1. The van der Waals surface area contributed by atoms with Crippen LogP contribution in [0.5, 0.6) is 0 Å². The smallest absolute Gasteiger partial charge is 0.186 e. The van der Waals surface area contributed by atoms with E-state index in [9.17, 15) is 4.79 Å². The molecule has 160 valence electrons. The molecule has 0 bridgehead atoms. The number of benzene rings is 2. The van der Waals surface area contributed by atoms with Crippen molar-refractivity contribution >= 4 is 22.3 Å². The zero-order chi connectivity index (χ0) is 21.4. The lowest BCUT2D eigenvalue weighted by Gasteiger charge is -2.35. The molecule has 31 heavy (non-hydrogen) atoms.